The first-order chi connectivity index (χ1) is 19.2. The standard InChI is InChI=1S/C34H42O5/c1-4-31(26-12-6-5-7-13-26)34(28-18-22-30(23-19-28)39-33-15-9-11-25-38-33)27-16-20-29(21-17-27)37-24-10-8-14-32(35-2)36-3/h5-7,12-13,16-23,32-33H,4,8-11,14-15,24-25H2,1-3H3/b34-31+. The Balaban J connectivity index is 1.52. The molecule has 1 saturated heterocycles. The van der Waals surface area contributed by atoms with Crippen LogP contribution in [0.15, 0.2) is 78.9 Å². The molecule has 1 atom stereocenters. The number of benzene rings is 3. The van der Waals surface area contributed by atoms with E-state index in [1.54, 1.807) is 14.2 Å². The van der Waals surface area contributed by atoms with E-state index in [0.717, 1.165) is 74.2 Å². The Morgan fingerprint density at radius 3 is 2.05 bits per heavy atom. The van der Waals surface area contributed by atoms with Crippen molar-refractivity contribution >= 4 is 11.1 Å². The first-order valence-electron chi connectivity index (χ1n) is 14.2. The van der Waals surface area contributed by atoms with Crippen molar-refractivity contribution in [1.29, 1.82) is 0 Å². The van der Waals surface area contributed by atoms with Crippen LogP contribution in [0.25, 0.3) is 11.1 Å². The highest BCUT2D eigenvalue weighted by atomic mass is 16.7. The molecule has 0 bridgehead atoms. The number of hydrogen-bond donors (Lipinski definition) is 0. The van der Waals surface area contributed by atoms with Gasteiger partial charge < -0.3 is 23.7 Å². The molecule has 1 aliphatic heterocycles. The van der Waals surface area contributed by atoms with Crippen LogP contribution in [0.4, 0.5) is 0 Å². The van der Waals surface area contributed by atoms with Crippen LogP contribution in [-0.4, -0.2) is 40.0 Å². The average molecular weight is 531 g/mol. The molecule has 0 aromatic heterocycles. The Bertz CT molecular complexity index is 1130. The molecule has 0 spiro atoms. The summed E-state index contributed by atoms with van der Waals surface area (Å²) in [6, 6.07) is 27.5. The third-order valence-electron chi connectivity index (χ3n) is 7.10. The fourth-order valence-electron chi connectivity index (χ4n) is 4.99. The average Bonchev–Trinajstić information content (AvgIpc) is 3.00. The van der Waals surface area contributed by atoms with Gasteiger partial charge >= 0.3 is 0 Å². The van der Waals surface area contributed by atoms with Gasteiger partial charge in [-0.2, -0.15) is 0 Å². The van der Waals surface area contributed by atoms with Crippen molar-refractivity contribution in [2.45, 2.75) is 64.4 Å². The lowest BCUT2D eigenvalue weighted by Crippen LogP contribution is -2.24. The summed E-state index contributed by atoms with van der Waals surface area (Å²) < 4.78 is 28.4. The van der Waals surface area contributed by atoms with Gasteiger partial charge in [-0.25, -0.2) is 0 Å². The minimum atomic E-state index is -0.149. The summed E-state index contributed by atoms with van der Waals surface area (Å²) in [6.07, 6.45) is 6.61. The van der Waals surface area contributed by atoms with E-state index in [2.05, 4.69) is 85.8 Å². The van der Waals surface area contributed by atoms with Gasteiger partial charge in [-0.3, -0.25) is 0 Å². The van der Waals surface area contributed by atoms with Crippen molar-refractivity contribution in [3.05, 3.63) is 95.6 Å². The van der Waals surface area contributed by atoms with Crippen molar-refractivity contribution in [3.8, 4) is 11.5 Å². The molecular weight excluding hydrogens is 488 g/mol. The number of allylic oxidation sites excluding steroid dienone is 1. The van der Waals surface area contributed by atoms with Crippen LogP contribution in [0.3, 0.4) is 0 Å². The third kappa shape index (κ3) is 8.43. The lowest BCUT2D eigenvalue weighted by atomic mass is 9.88. The molecule has 0 saturated carbocycles. The molecule has 0 radical (unpaired) electrons. The zero-order valence-corrected chi connectivity index (χ0v) is 23.6. The Morgan fingerprint density at radius 2 is 1.46 bits per heavy atom. The summed E-state index contributed by atoms with van der Waals surface area (Å²) in [5.41, 5.74) is 6.08. The second-order valence-electron chi connectivity index (χ2n) is 9.78. The maximum atomic E-state index is 6.09. The van der Waals surface area contributed by atoms with Gasteiger partial charge in [-0.05, 0) is 90.6 Å². The first kappa shape index (κ1) is 28.9. The van der Waals surface area contributed by atoms with Gasteiger partial charge in [0.15, 0.2) is 12.6 Å². The van der Waals surface area contributed by atoms with Crippen LogP contribution in [0.2, 0.25) is 0 Å². The van der Waals surface area contributed by atoms with E-state index < -0.39 is 0 Å². The van der Waals surface area contributed by atoms with Crippen molar-refractivity contribution in [1.82, 2.24) is 0 Å². The summed E-state index contributed by atoms with van der Waals surface area (Å²) in [4.78, 5) is 0. The molecule has 5 heteroatoms. The van der Waals surface area contributed by atoms with Gasteiger partial charge in [-0.1, -0.05) is 61.5 Å². The molecule has 4 rings (SSSR count). The molecule has 1 aliphatic rings. The molecule has 3 aromatic rings. The molecule has 0 aliphatic carbocycles. The fraction of sp³-hybridized carbons (Fsp3) is 0.412. The second kappa shape index (κ2) is 15.5. The zero-order valence-electron chi connectivity index (χ0n) is 23.6. The second-order valence-corrected chi connectivity index (χ2v) is 9.78. The highest BCUT2D eigenvalue weighted by Crippen LogP contribution is 2.36. The molecule has 1 fully saturated rings. The SMILES string of the molecule is CC/C(=C(/c1ccc(OCCCCC(OC)OC)cc1)c1ccc(OC2CCCCO2)cc1)c1ccccc1. The Hall–Kier alpha value is -3.12. The van der Waals surface area contributed by atoms with E-state index in [4.69, 9.17) is 23.7 Å². The molecule has 0 amide bonds. The van der Waals surface area contributed by atoms with Crippen molar-refractivity contribution in [3.63, 3.8) is 0 Å². The van der Waals surface area contributed by atoms with E-state index >= 15 is 0 Å². The van der Waals surface area contributed by atoms with Gasteiger partial charge in [0, 0.05) is 20.6 Å². The Labute approximate surface area is 233 Å². The zero-order chi connectivity index (χ0) is 27.3. The van der Waals surface area contributed by atoms with Gasteiger partial charge in [0.1, 0.15) is 11.5 Å². The molecule has 5 nitrogen and oxygen atoms in total. The molecule has 1 heterocycles. The summed E-state index contributed by atoms with van der Waals surface area (Å²) in [5.74, 6) is 1.72. The summed E-state index contributed by atoms with van der Waals surface area (Å²) in [7, 11) is 3.34. The number of unbranched alkanes of at least 4 members (excludes halogenated alkanes) is 1. The van der Waals surface area contributed by atoms with E-state index in [-0.39, 0.29) is 12.6 Å². The predicted octanol–water partition coefficient (Wildman–Crippen LogP) is 8.13. The Kier molecular flexibility index (Phi) is 11.5. The van der Waals surface area contributed by atoms with Crippen molar-refractivity contribution < 1.29 is 23.7 Å². The molecule has 39 heavy (non-hydrogen) atoms. The summed E-state index contributed by atoms with van der Waals surface area (Å²) in [6.45, 7) is 3.66. The van der Waals surface area contributed by atoms with Crippen LogP contribution < -0.4 is 9.47 Å². The molecule has 3 aromatic carbocycles. The molecule has 0 N–H and O–H groups in total. The molecule has 1 unspecified atom stereocenters. The van der Waals surface area contributed by atoms with E-state index in [9.17, 15) is 0 Å². The largest absolute Gasteiger partial charge is 0.494 e. The van der Waals surface area contributed by atoms with E-state index in [0.29, 0.717) is 6.61 Å². The van der Waals surface area contributed by atoms with Gasteiger partial charge in [0.05, 0.1) is 13.2 Å². The summed E-state index contributed by atoms with van der Waals surface area (Å²) in [5, 5.41) is 0. The smallest absolute Gasteiger partial charge is 0.199 e. The number of ether oxygens (including phenoxy) is 5. The van der Waals surface area contributed by atoms with Crippen molar-refractivity contribution in [2.24, 2.45) is 0 Å². The highest BCUT2D eigenvalue weighted by Gasteiger charge is 2.17. The fourth-order valence-corrected chi connectivity index (χ4v) is 4.99. The summed E-state index contributed by atoms with van der Waals surface area (Å²) >= 11 is 0. The third-order valence-corrected chi connectivity index (χ3v) is 7.10. The van der Waals surface area contributed by atoms with Crippen LogP contribution in [-0.2, 0) is 14.2 Å². The van der Waals surface area contributed by atoms with Gasteiger partial charge in [0.2, 0.25) is 0 Å². The Morgan fingerprint density at radius 1 is 0.795 bits per heavy atom. The quantitative estimate of drug-likeness (QED) is 0.120. The van der Waals surface area contributed by atoms with Crippen LogP contribution in [0, 0.1) is 0 Å². The van der Waals surface area contributed by atoms with Crippen molar-refractivity contribution in [2.75, 3.05) is 27.4 Å². The minimum Gasteiger partial charge on any atom is -0.494 e. The minimum absolute atomic E-state index is 0.145. The van der Waals surface area contributed by atoms with E-state index in [1.807, 2.05) is 0 Å². The molecular formula is C34H42O5. The van der Waals surface area contributed by atoms with Gasteiger partial charge in [0.25, 0.3) is 0 Å². The monoisotopic (exact) mass is 530 g/mol. The van der Waals surface area contributed by atoms with Crippen LogP contribution >= 0.6 is 0 Å². The number of hydrogen-bond acceptors (Lipinski definition) is 5. The lowest BCUT2D eigenvalue weighted by molar-refractivity contribution is -0.107. The van der Waals surface area contributed by atoms with Crippen LogP contribution in [0.1, 0.15) is 68.6 Å². The lowest BCUT2D eigenvalue weighted by Gasteiger charge is -2.23. The number of rotatable bonds is 14. The maximum Gasteiger partial charge on any atom is 0.199 e. The topological polar surface area (TPSA) is 46.2 Å². The van der Waals surface area contributed by atoms with Gasteiger partial charge in [-0.15, -0.1) is 0 Å². The van der Waals surface area contributed by atoms with E-state index in [1.165, 1.54) is 16.7 Å². The maximum absolute atomic E-state index is 6.09. The highest BCUT2D eigenvalue weighted by molar-refractivity contribution is 5.98. The predicted molar refractivity (Wildman–Crippen MR) is 157 cm³/mol. The normalized spacial score (nSPS) is 16.2. The first-order valence-corrected chi connectivity index (χ1v) is 14.2. The van der Waals surface area contributed by atoms with Crippen LogP contribution in [0.5, 0.6) is 11.5 Å². The number of methoxy groups -OCH3 is 2. The molecule has 208 valence electrons.